The summed E-state index contributed by atoms with van der Waals surface area (Å²) in [4.78, 5) is 0. The molecule has 0 atom stereocenters. The molecule has 0 N–H and O–H groups in total. The summed E-state index contributed by atoms with van der Waals surface area (Å²) >= 11 is 0. The second kappa shape index (κ2) is 11.8. The predicted molar refractivity (Wildman–Crippen MR) is 225 cm³/mol. The predicted octanol–water partition coefficient (Wildman–Crippen LogP) is 14.9. The minimum Gasteiger partial charge on any atom is -0.456 e. The third kappa shape index (κ3) is 4.58. The Morgan fingerprint density at radius 3 is 1.45 bits per heavy atom. The van der Waals surface area contributed by atoms with Crippen molar-refractivity contribution < 1.29 is 4.42 Å². The first kappa shape index (κ1) is 29.7. The summed E-state index contributed by atoms with van der Waals surface area (Å²) in [5, 5.41) is 12.2. The smallest absolute Gasteiger partial charge is 0.136 e. The molecule has 0 unspecified atom stereocenters. The van der Waals surface area contributed by atoms with Crippen molar-refractivity contribution in [2.45, 2.75) is 0 Å². The second-order valence-corrected chi connectivity index (χ2v) is 13.9. The summed E-state index contributed by atoms with van der Waals surface area (Å²) < 4.78 is 6.56. The van der Waals surface area contributed by atoms with Gasteiger partial charge in [-0.3, -0.25) is 0 Å². The van der Waals surface area contributed by atoms with Gasteiger partial charge in [0, 0.05) is 10.8 Å². The molecule has 11 aromatic rings. The van der Waals surface area contributed by atoms with E-state index in [-0.39, 0.29) is 0 Å². The van der Waals surface area contributed by atoms with Crippen molar-refractivity contribution in [3.8, 4) is 44.5 Å². The van der Waals surface area contributed by atoms with E-state index in [1.165, 1.54) is 87.6 Å². The molecule has 0 fully saturated rings. The van der Waals surface area contributed by atoms with Gasteiger partial charge in [0.25, 0.3) is 0 Å². The lowest BCUT2D eigenvalue weighted by Gasteiger charge is -2.21. The van der Waals surface area contributed by atoms with Gasteiger partial charge >= 0.3 is 0 Å². The minimum absolute atomic E-state index is 0.897. The van der Waals surface area contributed by atoms with Gasteiger partial charge in [-0.1, -0.05) is 170 Å². The van der Waals surface area contributed by atoms with Crippen molar-refractivity contribution in [3.63, 3.8) is 0 Å². The van der Waals surface area contributed by atoms with Crippen LogP contribution in [0.2, 0.25) is 0 Å². The van der Waals surface area contributed by atoms with E-state index in [2.05, 4.69) is 194 Å². The fourth-order valence-corrected chi connectivity index (χ4v) is 8.77. The summed E-state index contributed by atoms with van der Waals surface area (Å²) in [6, 6.07) is 70.5. The van der Waals surface area contributed by atoms with E-state index >= 15 is 0 Å². The average Bonchev–Trinajstić information content (AvgIpc) is 3.61. The number of benzene rings is 10. The Morgan fingerprint density at radius 2 is 0.792 bits per heavy atom. The lowest BCUT2D eigenvalue weighted by molar-refractivity contribution is 0.669. The van der Waals surface area contributed by atoms with Crippen LogP contribution in [0.4, 0.5) is 0 Å². The van der Waals surface area contributed by atoms with Crippen LogP contribution >= 0.6 is 0 Å². The molecule has 0 aliphatic carbocycles. The van der Waals surface area contributed by atoms with Crippen molar-refractivity contribution in [2.75, 3.05) is 0 Å². The topological polar surface area (TPSA) is 13.1 Å². The third-order valence-electron chi connectivity index (χ3n) is 11.0. The first-order valence-corrected chi connectivity index (χ1v) is 18.3. The zero-order chi connectivity index (χ0) is 34.9. The molecule has 0 spiro atoms. The van der Waals surface area contributed by atoms with Crippen molar-refractivity contribution >= 4 is 65.0 Å². The summed E-state index contributed by atoms with van der Waals surface area (Å²) in [7, 11) is 0. The lowest BCUT2D eigenvalue weighted by Crippen LogP contribution is -1.93. The van der Waals surface area contributed by atoms with Gasteiger partial charge < -0.3 is 4.42 Å². The summed E-state index contributed by atoms with van der Waals surface area (Å²) in [6.07, 6.45) is 0. The van der Waals surface area contributed by atoms with E-state index in [0.29, 0.717) is 0 Å². The third-order valence-corrected chi connectivity index (χ3v) is 11.0. The maximum absolute atomic E-state index is 6.56. The maximum atomic E-state index is 6.56. The molecule has 1 nitrogen and oxygen atoms in total. The molecule has 1 heteroatoms. The molecular formula is C52H32O. The van der Waals surface area contributed by atoms with Gasteiger partial charge in [-0.25, -0.2) is 0 Å². The molecule has 0 aliphatic rings. The summed E-state index contributed by atoms with van der Waals surface area (Å²) in [6.45, 7) is 0. The van der Waals surface area contributed by atoms with Crippen LogP contribution in [0.5, 0.6) is 0 Å². The van der Waals surface area contributed by atoms with Crippen molar-refractivity contribution in [3.05, 3.63) is 194 Å². The zero-order valence-electron chi connectivity index (χ0n) is 28.9. The van der Waals surface area contributed by atoms with Crippen LogP contribution in [-0.2, 0) is 0 Å². The van der Waals surface area contributed by atoms with Crippen LogP contribution in [-0.4, -0.2) is 0 Å². The fourth-order valence-electron chi connectivity index (χ4n) is 8.77. The normalized spacial score (nSPS) is 11.8. The Hall–Kier alpha value is -6.96. The monoisotopic (exact) mass is 672 g/mol. The fraction of sp³-hybridized carbons (Fsp3) is 0. The average molecular weight is 673 g/mol. The van der Waals surface area contributed by atoms with Gasteiger partial charge in [0.1, 0.15) is 11.2 Å². The summed E-state index contributed by atoms with van der Waals surface area (Å²) in [5.74, 6) is 0. The van der Waals surface area contributed by atoms with Gasteiger partial charge in [0.15, 0.2) is 0 Å². The zero-order valence-corrected chi connectivity index (χ0v) is 28.9. The highest BCUT2D eigenvalue weighted by molar-refractivity contribution is 6.29. The van der Waals surface area contributed by atoms with Gasteiger partial charge in [0.2, 0.25) is 0 Å². The second-order valence-electron chi connectivity index (χ2n) is 13.9. The van der Waals surface area contributed by atoms with Gasteiger partial charge in [-0.05, 0) is 112 Å². The Labute approximate surface area is 307 Å². The Morgan fingerprint density at radius 1 is 0.264 bits per heavy atom. The molecule has 11 rings (SSSR count). The van der Waals surface area contributed by atoms with E-state index in [4.69, 9.17) is 4.42 Å². The molecule has 0 bridgehead atoms. The van der Waals surface area contributed by atoms with Crippen molar-refractivity contribution in [2.24, 2.45) is 0 Å². The number of hydrogen-bond donors (Lipinski definition) is 0. The molecule has 0 aliphatic heterocycles. The first-order chi connectivity index (χ1) is 26.3. The summed E-state index contributed by atoms with van der Waals surface area (Å²) in [5.41, 5.74) is 11.5. The highest BCUT2D eigenvalue weighted by Gasteiger charge is 2.22. The molecule has 0 saturated heterocycles. The van der Waals surface area contributed by atoms with Crippen LogP contribution in [0.25, 0.3) is 110 Å². The maximum Gasteiger partial charge on any atom is 0.136 e. The molecule has 246 valence electrons. The van der Waals surface area contributed by atoms with Crippen molar-refractivity contribution in [1.29, 1.82) is 0 Å². The van der Waals surface area contributed by atoms with Gasteiger partial charge in [-0.2, -0.15) is 0 Å². The lowest BCUT2D eigenvalue weighted by atomic mass is 9.82. The molecule has 1 aromatic heterocycles. The SMILES string of the molecule is c1ccc(-c2ccc3oc4cccc(-c5c6ccccc6c(-c6cccc7c6c(-c6ccccc6)cc6ccccc67)c6ccccc56)c4c3c2)cc1. The molecule has 0 saturated carbocycles. The highest BCUT2D eigenvalue weighted by atomic mass is 16.3. The van der Waals surface area contributed by atoms with Crippen LogP contribution in [0.15, 0.2) is 199 Å². The Kier molecular flexibility index (Phi) is 6.62. The standard InChI is InChI=1S/C52H32O/c1-3-15-33(16-4-1)35-29-30-47-46(31-35)52-44(27-14-28-48(52)53-47)50-41-23-11-9-21-39(41)49(40-22-10-12-24-42(40)50)43-26-13-25-38-37-20-8-7-19-36(37)32-45(51(38)43)34-17-5-2-6-18-34/h1-32H. The highest BCUT2D eigenvalue weighted by Crippen LogP contribution is 2.50. The minimum atomic E-state index is 0.897. The molecular weight excluding hydrogens is 641 g/mol. The Bertz CT molecular complexity index is 3150. The number of hydrogen-bond acceptors (Lipinski definition) is 1. The first-order valence-electron chi connectivity index (χ1n) is 18.3. The largest absolute Gasteiger partial charge is 0.456 e. The number of rotatable bonds is 4. The molecule has 1 heterocycles. The van der Waals surface area contributed by atoms with E-state index < -0.39 is 0 Å². The molecule has 0 amide bonds. The van der Waals surface area contributed by atoms with E-state index in [9.17, 15) is 0 Å². The quantitative estimate of drug-likeness (QED) is 0.134. The van der Waals surface area contributed by atoms with Crippen molar-refractivity contribution in [1.82, 2.24) is 0 Å². The molecule has 10 aromatic carbocycles. The van der Waals surface area contributed by atoms with E-state index in [1.54, 1.807) is 0 Å². The van der Waals surface area contributed by atoms with Crippen LogP contribution in [0.3, 0.4) is 0 Å². The Balaban J connectivity index is 1.27. The van der Waals surface area contributed by atoms with Crippen LogP contribution in [0, 0.1) is 0 Å². The van der Waals surface area contributed by atoms with E-state index in [0.717, 1.165) is 21.9 Å². The van der Waals surface area contributed by atoms with Crippen LogP contribution < -0.4 is 0 Å². The van der Waals surface area contributed by atoms with Gasteiger partial charge in [0.05, 0.1) is 0 Å². The number of furan rings is 1. The van der Waals surface area contributed by atoms with Gasteiger partial charge in [-0.15, -0.1) is 0 Å². The van der Waals surface area contributed by atoms with E-state index in [1.807, 2.05) is 0 Å². The number of fused-ring (bicyclic) bond motifs is 8. The molecule has 53 heavy (non-hydrogen) atoms. The van der Waals surface area contributed by atoms with Crippen LogP contribution in [0.1, 0.15) is 0 Å². The molecule has 0 radical (unpaired) electrons.